The Morgan fingerprint density at radius 2 is 2.05 bits per heavy atom. The molecule has 0 amide bonds. The third-order valence-electron chi connectivity index (χ3n) is 3.94. The van der Waals surface area contributed by atoms with Crippen LogP contribution in [-0.4, -0.2) is 0 Å². The van der Waals surface area contributed by atoms with Crippen LogP contribution in [0, 0.1) is 6.92 Å². The Bertz CT molecular complexity index is 652. The van der Waals surface area contributed by atoms with E-state index in [0.29, 0.717) is 0 Å². The first-order valence-corrected chi connectivity index (χ1v) is 6.83. The molecule has 0 unspecified atom stereocenters. The second-order valence-electron chi connectivity index (χ2n) is 5.51. The van der Waals surface area contributed by atoms with E-state index in [1.165, 1.54) is 33.5 Å². The highest BCUT2D eigenvalue weighted by atomic mass is 14.9. The monoisotopic (exact) mass is 249 g/mol. The summed E-state index contributed by atoms with van der Waals surface area (Å²) in [5.41, 5.74) is 12.2. The van der Waals surface area contributed by atoms with Gasteiger partial charge in [-0.1, -0.05) is 42.0 Å². The van der Waals surface area contributed by atoms with Crippen LogP contribution in [0.2, 0.25) is 0 Å². The van der Waals surface area contributed by atoms with E-state index in [1.807, 2.05) is 0 Å². The fourth-order valence-electron chi connectivity index (χ4n) is 2.92. The first kappa shape index (κ1) is 12.1. The van der Waals surface area contributed by atoms with E-state index < -0.39 is 0 Å². The fourth-order valence-corrected chi connectivity index (χ4v) is 2.92. The number of nitrogens with one attached hydrogen (secondary N) is 1. The third-order valence-corrected chi connectivity index (χ3v) is 3.94. The molecular weight excluding hydrogens is 230 g/mol. The molecule has 96 valence electrons. The van der Waals surface area contributed by atoms with E-state index in [-0.39, 0.29) is 0 Å². The van der Waals surface area contributed by atoms with Crippen molar-refractivity contribution in [2.24, 2.45) is 0 Å². The number of hydrogen-bond donors (Lipinski definition) is 1. The van der Waals surface area contributed by atoms with Crippen LogP contribution in [0.15, 0.2) is 53.4 Å². The number of fused-ring (bicyclic) bond motifs is 1. The number of hydrogen-bond acceptors (Lipinski definition) is 1. The minimum absolute atomic E-state index is 1.00. The summed E-state index contributed by atoms with van der Waals surface area (Å²) >= 11 is 0. The van der Waals surface area contributed by atoms with Gasteiger partial charge >= 0.3 is 0 Å². The summed E-state index contributed by atoms with van der Waals surface area (Å²) in [6, 6.07) is 6.62. The lowest BCUT2D eigenvalue weighted by atomic mass is 9.92. The molecule has 19 heavy (non-hydrogen) atoms. The van der Waals surface area contributed by atoms with Crippen LogP contribution in [-0.2, 0) is 6.42 Å². The topological polar surface area (TPSA) is 12.0 Å². The van der Waals surface area contributed by atoms with Gasteiger partial charge in [0.15, 0.2) is 0 Å². The summed E-state index contributed by atoms with van der Waals surface area (Å²) in [7, 11) is 0. The lowest BCUT2D eigenvalue weighted by molar-refractivity contribution is 0.823. The van der Waals surface area contributed by atoms with E-state index in [9.17, 15) is 0 Å². The molecule has 0 aromatic heterocycles. The summed E-state index contributed by atoms with van der Waals surface area (Å²) in [5.74, 6) is 0. The molecule has 0 saturated heterocycles. The average Bonchev–Trinajstić information content (AvgIpc) is 2.53. The van der Waals surface area contributed by atoms with E-state index in [2.05, 4.69) is 55.7 Å². The van der Waals surface area contributed by atoms with Crippen LogP contribution in [0.1, 0.15) is 36.5 Å². The van der Waals surface area contributed by atoms with Crippen molar-refractivity contribution in [3.05, 3.63) is 70.1 Å². The van der Waals surface area contributed by atoms with Gasteiger partial charge in [0.2, 0.25) is 0 Å². The summed E-state index contributed by atoms with van der Waals surface area (Å²) in [5, 5.41) is 3.54. The molecule has 0 saturated carbocycles. The number of aryl methyl sites for hydroxylation is 1. The highest BCUT2D eigenvalue weighted by Gasteiger charge is 2.20. The normalized spacial score (nSPS) is 17.8. The largest absolute Gasteiger partial charge is 0.352 e. The lowest BCUT2D eigenvalue weighted by Crippen LogP contribution is -2.13. The summed E-state index contributed by atoms with van der Waals surface area (Å²) < 4.78 is 0. The van der Waals surface area contributed by atoms with Crippen LogP contribution in [0.25, 0.3) is 5.70 Å². The molecule has 1 heteroatoms. The van der Waals surface area contributed by atoms with Crippen LogP contribution in [0.3, 0.4) is 0 Å². The van der Waals surface area contributed by atoms with Crippen LogP contribution < -0.4 is 5.32 Å². The molecule has 0 radical (unpaired) electrons. The van der Waals surface area contributed by atoms with Gasteiger partial charge in [-0.05, 0) is 44.2 Å². The zero-order valence-electron chi connectivity index (χ0n) is 11.6. The van der Waals surface area contributed by atoms with Gasteiger partial charge in [0.25, 0.3) is 0 Å². The smallest absolute Gasteiger partial charge is 0.0886 e. The minimum atomic E-state index is 1.00. The van der Waals surface area contributed by atoms with Crippen molar-refractivity contribution in [3.8, 4) is 0 Å². The average molecular weight is 249 g/mol. The molecule has 1 aliphatic carbocycles. The maximum atomic E-state index is 3.84. The molecule has 1 N–H and O–H groups in total. The molecule has 1 aliphatic heterocycles. The van der Waals surface area contributed by atoms with Crippen molar-refractivity contribution < 1.29 is 0 Å². The minimum Gasteiger partial charge on any atom is -0.352 e. The zero-order chi connectivity index (χ0) is 13.4. The van der Waals surface area contributed by atoms with E-state index in [4.69, 9.17) is 0 Å². The number of benzene rings is 1. The van der Waals surface area contributed by atoms with Crippen molar-refractivity contribution in [3.63, 3.8) is 0 Å². The number of rotatable bonds is 0. The first-order valence-electron chi connectivity index (χ1n) is 6.83. The second-order valence-corrected chi connectivity index (χ2v) is 5.51. The Balaban J connectivity index is 2.16. The molecule has 0 atom stereocenters. The van der Waals surface area contributed by atoms with Crippen LogP contribution in [0.5, 0.6) is 0 Å². The van der Waals surface area contributed by atoms with Crippen molar-refractivity contribution in [2.75, 3.05) is 0 Å². The molecule has 1 aromatic carbocycles. The maximum Gasteiger partial charge on any atom is 0.0886 e. The van der Waals surface area contributed by atoms with Crippen LogP contribution >= 0.6 is 0 Å². The first-order chi connectivity index (χ1) is 9.17. The molecule has 1 nitrogen and oxygen atoms in total. The fraction of sp³-hybridized carbons (Fsp3) is 0.278. The Morgan fingerprint density at radius 3 is 2.84 bits per heavy atom. The van der Waals surface area contributed by atoms with E-state index in [0.717, 1.165) is 25.0 Å². The van der Waals surface area contributed by atoms with Gasteiger partial charge in [-0.25, -0.2) is 0 Å². The van der Waals surface area contributed by atoms with Gasteiger partial charge in [0, 0.05) is 11.3 Å². The molecule has 0 spiro atoms. The highest BCUT2D eigenvalue weighted by Crippen LogP contribution is 2.32. The maximum absolute atomic E-state index is 3.84. The highest BCUT2D eigenvalue weighted by molar-refractivity contribution is 5.70. The molecule has 0 bridgehead atoms. The quantitative estimate of drug-likeness (QED) is 0.677. The summed E-state index contributed by atoms with van der Waals surface area (Å²) in [6.45, 7) is 8.20. The SMILES string of the molecule is C=C=C1NC2=C(C=C(C)CC2)Cc2cc(C)ccc21. The molecule has 1 heterocycles. The van der Waals surface area contributed by atoms with Gasteiger partial charge in [-0.3, -0.25) is 0 Å². The molecule has 1 aromatic rings. The lowest BCUT2D eigenvalue weighted by Gasteiger charge is -2.17. The van der Waals surface area contributed by atoms with E-state index >= 15 is 0 Å². The third kappa shape index (κ3) is 2.18. The summed E-state index contributed by atoms with van der Waals surface area (Å²) in [6.07, 6.45) is 5.58. The Morgan fingerprint density at radius 1 is 1.21 bits per heavy atom. The van der Waals surface area contributed by atoms with E-state index in [1.54, 1.807) is 0 Å². The van der Waals surface area contributed by atoms with Gasteiger partial charge in [0.1, 0.15) is 0 Å². The standard InChI is InChI=1S/C18H19N/c1-4-17-16-7-5-12(2)9-14(16)11-15-10-13(3)6-8-18(15)19-17/h5,7,9-10,19H,1,6,8,11H2,2-3H3. The van der Waals surface area contributed by atoms with Gasteiger partial charge < -0.3 is 5.32 Å². The molecule has 3 rings (SSSR count). The molecular formula is C18H19N. The number of allylic oxidation sites excluding steroid dienone is 4. The van der Waals surface area contributed by atoms with Gasteiger partial charge in [-0.15, -0.1) is 5.73 Å². The Labute approximate surface area is 115 Å². The van der Waals surface area contributed by atoms with Gasteiger partial charge in [0.05, 0.1) is 5.70 Å². The Hall–Kier alpha value is -1.98. The predicted molar refractivity (Wildman–Crippen MR) is 80.6 cm³/mol. The van der Waals surface area contributed by atoms with Crippen molar-refractivity contribution >= 4 is 5.70 Å². The van der Waals surface area contributed by atoms with Crippen molar-refractivity contribution in [1.29, 1.82) is 0 Å². The van der Waals surface area contributed by atoms with Crippen molar-refractivity contribution in [2.45, 2.75) is 33.1 Å². The Kier molecular flexibility index (Phi) is 2.93. The predicted octanol–water partition coefficient (Wildman–Crippen LogP) is 4.26. The van der Waals surface area contributed by atoms with Crippen molar-refractivity contribution in [1.82, 2.24) is 5.32 Å². The zero-order valence-corrected chi connectivity index (χ0v) is 11.6. The second kappa shape index (κ2) is 4.60. The molecule has 0 fully saturated rings. The molecule has 2 aliphatic rings. The van der Waals surface area contributed by atoms with Gasteiger partial charge in [-0.2, -0.15) is 0 Å². The summed E-state index contributed by atoms with van der Waals surface area (Å²) in [4.78, 5) is 0. The van der Waals surface area contributed by atoms with Crippen LogP contribution in [0.4, 0.5) is 0 Å².